The molecule has 0 aliphatic rings. The van der Waals surface area contributed by atoms with Crippen molar-refractivity contribution in [1.82, 2.24) is 4.98 Å². The molecule has 1 aromatic carbocycles. The molecule has 2 rings (SSSR count). The van der Waals surface area contributed by atoms with Crippen molar-refractivity contribution < 1.29 is 9.53 Å². The van der Waals surface area contributed by atoms with E-state index in [1.807, 2.05) is 13.0 Å². The van der Waals surface area contributed by atoms with Gasteiger partial charge in [-0.3, -0.25) is 4.79 Å². The van der Waals surface area contributed by atoms with Gasteiger partial charge in [-0.15, -0.1) is 0 Å². The second-order valence-electron chi connectivity index (χ2n) is 4.37. The lowest BCUT2D eigenvalue weighted by Crippen LogP contribution is -2.03. The molecule has 2 aromatic rings. The van der Waals surface area contributed by atoms with Crippen LogP contribution in [0.5, 0.6) is 0 Å². The fourth-order valence-electron chi connectivity index (χ4n) is 2.16. The molecule has 0 saturated carbocycles. The molecule has 0 fully saturated rings. The summed E-state index contributed by atoms with van der Waals surface area (Å²) in [4.78, 5) is 14.5. The molecule has 18 heavy (non-hydrogen) atoms. The van der Waals surface area contributed by atoms with Gasteiger partial charge in [0, 0.05) is 23.5 Å². The van der Waals surface area contributed by atoms with Crippen LogP contribution in [0.3, 0.4) is 0 Å². The Hall–Kier alpha value is -1.77. The number of ether oxygens (including phenoxy) is 1. The summed E-state index contributed by atoms with van der Waals surface area (Å²) in [6.07, 6.45) is 5.49. The minimum Gasteiger partial charge on any atom is -0.466 e. The summed E-state index contributed by atoms with van der Waals surface area (Å²) in [7, 11) is 0. The highest BCUT2D eigenvalue weighted by Gasteiger charge is 2.04. The molecule has 0 spiro atoms. The molecular weight excluding hydrogens is 226 g/mol. The molecule has 0 unspecified atom stereocenters. The highest BCUT2D eigenvalue weighted by atomic mass is 16.5. The Morgan fingerprint density at radius 2 is 2.11 bits per heavy atom. The van der Waals surface area contributed by atoms with Gasteiger partial charge in [-0.25, -0.2) is 0 Å². The van der Waals surface area contributed by atoms with Crippen LogP contribution in [0.4, 0.5) is 0 Å². The fourth-order valence-corrected chi connectivity index (χ4v) is 2.16. The van der Waals surface area contributed by atoms with Crippen molar-refractivity contribution in [2.24, 2.45) is 0 Å². The first-order valence-corrected chi connectivity index (χ1v) is 6.52. The van der Waals surface area contributed by atoms with Crippen LogP contribution in [0.25, 0.3) is 10.9 Å². The third-order valence-electron chi connectivity index (χ3n) is 3.06. The first kappa shape index (κ1) is 12.7. The largest absolute Gasteiger partial charge is 0.466 e. The Balaban J connectivity index is 1.82. The van der Waals surface area contributed by atoms with E-state index >= 15 is 0 Å². The Bertz CT molecular complexity index is 516. The van der Waals surface area contributed by atoms with Crippen LogP contribution in [0.15, 0.2) is 30.5 Å². The van der Waals surface area contributed by atoms with E-state index in [0.717, 1.165) is 19.3 Å². The molecular formula is C15H19NO2. The number of hydrogen-bond acceptors (Lipinski definition) is 2. The molecule has 0 saturated heterocycles. The lowest BCUT2D eigenvalue weighted by molar-refractivity contribution is -0.143. The summed E-state index contributed by atoms with van der Waals surface area (Å²) in [5.41, 5.74) is 2.51. The predicted molar refractivity (Wildman–Crippen MR) is 72.5 cm³/mol. The van der Waals surface area contributed by atoms with E-state index in [0.29, 0.717) is 13.0 Å². The van der Waals surface area contributed by atoms with Crippen LogP contribution >= 0.6 is 0 Å². The third-order valence-corrected chi connectivity index (χ3v) is 3.06. The highest BCUT2D eigenvalue weighted by molar-refractivity contribution is 5.83. The second-order valence-corrected chi connectivity index (χ2v) is 4.37. The number of carbonyl (C=O) groups excluding carboxylic acids is 1. The van der Waals surface area contributed by atoms with E-state index in [2.05, 4.69) is 29.4 Å². The van der Waals surface area contributed by atoms with E-state index in [1.54, 1.807) is 0 Å². The van der Waals surface area contributed by atoms with Crippen LogP contribution in [-0.2, 0) is 16.0 Å². The molecule has 0 aliphatic carbocycles. The number of rotatable bonds is 6. The Labute approximate surface area is 107 Å². The normalized spacial score (nSPS) is 10.7. The van der Waals surface area contributed by atoms with Crippen molar-refractivity contribution in [2.45, 2.75) is 32.6 Å². The molecule has 0 aliphatic heterocycles. The van der Waals surface area contributed by atoms with Crippen molar-refractivity contribution in [3.8, 4) is 0 Å². The van der Waals surface area contributed by atoms with Crippen LogP contribution in [0, 0.1) is 0 Å². The zero-order valence-corrected chi connectivity index (χ0v) is 10.7. The summed E-state index contributed by atoms with van der Waals surface area (Å²) in [6.45, 7) is 2.31. The number of aromatic amines is 1. The van der Waals surface area contributed by atoms with Gasteiger partial charge in [-0.05, 0) is 37.8 Å². The SMILES string of the molecule is CCOC(=O)CCCCc1c[nH]c2ccccc12. The number of benzene rings is 1. The maximum Gasteiger partial charge on any atom is 0.305 e. The summed E-state index contributed by atoms with van der Waals surface area (Å²) in [5, 5.41) is 1.29. The lowest BCUT2D eigenvalue weighted by Gasteiger charge is -2.01. The summed E-state index contributed by atoms with van der Waals surface area (Å²) in [5.74, 6) is -0.0866. The molecule has 0 amide bonds. The fraction of sp³-hybridized carbons (Fsp3) is 0.400. The van der Waals surface area contributed by atoms with Crippen molar-refractivity contribution >= 4 is 16.9 Å². The Kier molecular flexibility index (Phi) is 4.40. The summed E-state index contributed by atoms with van der Waals surface area (Å²) >= 11 is 0. The predicted octanol–water partition coefficient (Wildman–Crippen LogP) is 3.44. The molecule has 0 bridgehead atoms. The molecule has 1 aromatic heterocycles. The Morgan fingerprint density at radius 3 is 2.94 bits per heavy atom. The maximum atomic E-state index is 11.2. The average molecular weight is 245 g/mol. The van der Waals surface area contributed by atoms with Crippen LogP contribution in [0.2, 0.25) is 0 Å². The Morgan fingerprint density at radius 1 is 1.28 bits per heavy atom. The lowest BCUT2D eigenvalue weighted by atomic mass is 10.1. The molecule has 1 N–H and O–H groups in total. The van der Waals surface area contributed by atoms with Gasteiger partial charge in [0.15, 0.2) is 0 Å². The van der Waals surface area contributed by atoms with Crippen LogP contribution < -0.4 is 0 Å². The van der Waals surface area contributed by atoms with Gasteiger partial charge in [-0.1, -0.05) is 18.2 Å². The van der Waals surface area contributed by atoms with E-state index in [-0.39, 0.29) is 5.97 Å². The molecule has 96 valence electrons. The number of carbonyl (C=O) groups is 1. The zero-order valence-electron chi connectivity index (χ0n) is 10.7. The van der Waals surface area contributed by atoms with Gasteiger partial charge in [0.2, 0.25) is 0 Å². The van der Waals surface area contributed by atoms with Gasteiger partial charge < -0.3 is 9.72 Å². The number of para-hydroxylation sites is 1. The number of aryl methyl sites for hydroxylation is 1. The minimum absolute atomic E-state index is 0.0866. The summed E-state index contributed by atoms with van der Waals surface area (Å²) < 4.78 is 4.90. The van der Waals surface area contributed by atoms with E-state index < -0.39 is 0 Å². The quantitative estimate of drug-likeness (QED) is 0.625. The minimum atomic E-state index is -0.0866. The van der Waals surface area contributed by atoms with Gasteiger partial charge >= 0.3 is 5.97 Å². The van der Waals surface area contributed by atoms with Crippen molar-refractivity contribution in [2.75, 3.05) is 6.61 Å². The second kappa shape index (κ2) is 6.24. The topological polar surface area (TPSA) is 42.1 Å². The molecule has 1 heterocycles. The smallest absolute Gasteiger partial charge is 0.305 e. The van der Waals surface area contributed by atoms with E-state index in [1.165, 1.54) is 16.5 Å². The number of H-pyrrole nitrogens is 1. The van der Waals surface area contributed by atoms with Crippen molar-refractivity contribution in [1.29, 1.82) is 0 Å². The van der Waals surface area contributed by atoms with Crippen molar-refractivity contribution in [3.63, 3.8) is 0 Å². The number of nitrogens with one attached hydrogen (secondary N) is 1. The molecule has 0 atom stereocenters. The standard InChI is InChI=1S/C15H19NO2/c1-2-18-15(17)10-6-3-7-12-11-16-14-9-5-4-8-13(12)14/h4-5,8-9,11,16H,2-3,6-7,10H2,1H3. The monoisotopic (exact) mass is 245 g/mol. The zero-order chi connectivity index (χ0) is 12.8. The average Bonchev–Trinajstić information content (AvgIpc) is 2.78. The number of hydrogen-bond donors (Lipinski definition) is 1. The maximum absolute atomic E-state index is 11.2. The first-order valence-electron chi connectivity index (χ1n) is 6.52. The summed E-state index contributed by atoms with van der Waals surface area (Å²) in [6, 6.07) is 8.30. The van der Waals surface area contributed by atoms with Gasteiger partial charge in [0.1, 0.15) is 0 Å². The van der Waals surface area contributed by atoms with Crippen LogP contribution in [-0.4, -0.2) is 17.6 Å². The number of fused-ring (bicyclic) bond motifs is 1. The van der Waals surface area contributed by atoms with Crippen molar-refractivity contribution in [3.05, 3.63) is 36.0 Å². The third kappa shape index (κ3) is 3.13. The highest BCUT2D eigenvalue weighted by Crippen LogP contribution is 2.19. The van der Waals surface area contributed by atoms with E-state index in [4.69, 9.17) is 4.74 Å². The number of aromatic nitrogens is 1. The first-order chi connectivity index (χ1) is 8.81. The van der Waals surface area contributed by atoms with E-state index in [9.17, 15) is 4.79 Å². The van der Waals surface area contributed by atoms with Gasteiger partial charge in [-0.2, -0.15) is 0 Å². The number of esters is 1. The van der Waals surface area contributed by atoms with Gasteiger partial charge in [0.05, 0.1) is 6.61 Å². The molecule has 3 heteroatoms. The molecule has 0 radical (unpaired) electrons. The molecule has 3 nitrogen and oxygen atoms in total. The number of unbranched alkanes of at least 4 members (excludes halogenated alkanes) is 1. The van der Waals surface area contributed by atoms with Gasteiger partial charge in [0.25, 0.3) is 0 Å². The van der Waals surface area contributed by atoms with Crippen LogP contribution in [0.1, 0.15) is 31.7 Å².